The molecular weight excluding hydrogens is 348 g/mol. The third-order valence-corrected chi connectivity index (χ3v) is 4.93. The number of benzene rings is 1. The van der Waals surface area contributed by atoms with Gasteiger partial charge in [0.15, 0.2) is 0 Å². The first-order valence-electron chi connectivity index (χ1n) is 8.23. The van der Waals surface area contributed by atoms with Crippen molar-refractivity contribution in [3.8, 4) is 5.75 Å². The molecule has 2 heterocycles. The molecule has 0 saturated carbocycles. The molecule has 134 valence electrons. The average Bonchev–Trinajstić information content (AvgIpc) is 3.20. The first kappa shape index (κ1) is 17.9. The van der Waals surface area contributed by atoms with Gasteiger partial charge in [0.25, 0.3) is 0 Å². The van der Waals surface area contributed by atoms with Gasteiger partial charge in [0.05, 0.1) is 12.1 Å². The minimum atomic E-state index is -0.386. The second-order valence-corrected chi connectivity index (χ2v) is 7.08. The van der Waals surface area contributed by atoms with Gasteiger partial charge >= 0.3 is 5.97 Å². The van der Waals surface area contributed by atoms with Crippen molar-refractivity contribution in [2.24, 2.45) is 0 Å². The van der Waals surface area contributed by atoms with Crippen LogP contribution in [0.15, 0.2) is 47.8 Å². The molecule has 0 aliphatic carbocycles. The molecule has 3 aromatic rings. The van der Waals surface area contributed by atoms with Gasteiger partial charge in [-0.25, -0.2) is 4.79 Å². The maximum atomic E-state index is 12.6. The quantitative estimate of drug-likeness (QED) is 0.537. The second kappa shape index (κ2) is 7.58. The van der Waals surface area contributed by atoms with Crippen LogP contribution in [-0.4, -0.2) is 16.4 Å². The van der Waals surface area contributed by atoms with E-state index in [9.17, 15) is 9.59 Å². The van der Waals surface area contributed by atoms with Crippen molar-refractivity contribution in [1.29, 1.82) is 0 Å². The lowest BCUT2D eigenvalue weighted by molar-refractivity contribution is -0.114. The molecule has 6 heteroatoms. The first-order chi connectivity index (χ1) is 12.4. The van der Waals surface area contributed by atoms with Crippen LogP contribution < -0.4 is 10.1 Å². The molecule has 1 N–H and O–H groups in total. The molecule has 0 unspecified atom stereocenters. The molecule has 0 spiro atoms. The fourth-order valence-electron chi connectivity index (χ4n) is 2.78. The molecule has 1 amide bonds. The Morgan fingerprint density at radius 3 is 2.50 bits per heavy atom. The zero-order valence-electron chi connectivity index (χ0n) is 14.9. The van der Waals surface area contributed by atoms with Crippen molar-refractivity contribution in [2.75, 3.05) is 5.32 Å². The highest BCUT2D eigenvalue weighted by Crippen LogP contribution is 2.22. The topological polar surface area (TPSA) is 60.3 Å². The number of aromatic nitrogens is 1. The fraction of sp³-hybridized carbons (Fsp3) is 0.200. The maximum Gasteiger partial charge on any atom is 0.345 e. The number of ether oxygens (including phenoxy) is 1. The zero-order valence-corrected chi connectivity index (χ0v) is 15.7. The van der Waals surface area contributed by atoms with Crippen molar-refractivity contribution in [3.63, 3.8) is 0 Å². The van der Waals surface area contributed by atoms with E-state index in [4.69, 9.17) is 4.74 Å². The maximum absolute atomic E-state index is 12.6. The standard InChI is InChI=1S/C20H20N2O3S/c1-13-11-19(14(2)22(13)12-18-5-4-10-26-18)20(24)25-17-8-6-16(7-9-17)21-15(3)23/h4-11H,12H2,1-3H3,(H,21,23). The summed E-state index contributed by atoms with van der Waals surface area (Å²) in [4.78, 5) is 24.8. The van der Waals surface area contributed by atoms with E-state index in [0.29, 0.717) is 17.0 Å². The third kappa shape index (κ3) is 4.03. The number of anilines is 1. The Labute approximate surface area is 156 Å². The summed E-state index contributed by atoms with van der Waals surface area (Å²) >= 11 is 1.69. The summed E-state index contributed by atoms with van der Waals surface area (Å²) in [7, 11) is 0. The van der Waals surface area contributed by atoms with Crippen molar-refractivity contribution >= 4 is 28.9 Å². The van der Waals surface area contributed by atoms with E-state index in [1.165, 1.54) is 11.8 Å². The van der Waals surface area contributed by atoms with Crippen LogP contribution in [0.25, 0.3) is 0 Å². The summed E-state index contributed by atoms with van der Waals surface area (Å²) in [6.07, 6.45) is 0. The lowest BCUT2D eigenvalue weighted by atomic mass is 10.2. The minimum absolute atomic E-state index is 0.145. The smallest absolute Gasteiger partial charge is 0.345 e. The number of amides is 1. The highest BCUT2D eigenvalue weighted by molar-refractivity contribution is 7.09. The van der Waals surface area contributed by atoms with Crippen molar-refractivity contribution in [1.82, 2.24) is 4.57 Å². The van der Waals surface area contributed by atoms with Crippen molar-refractivity contribution < 1.29 is 14.3 Å². The molecule has 0 aliphatic heterocycles. The SMILES string of the molecule is CC(=O)Nc1ccc(OC(=O)c2cc(C)n(Cc3cccs3)c2C)cc1. The summed E-state index contributed by atoms with van der Waals surface area (Å²) < 4.78 is 7.60. The Balaban J connectivity index is 1.74. The summed E-state index contributed by atoms with van der Waals surface area (Å²) in [6, 6.07) is 12.7. The number of esters is 1. The Morgan fingerprint density at radius 1 is 1.15 bits per heavy atom. The second-order valence-electron chi connectivity index (χ2n) is 6.05. The van der Waals surface area contributed by atoms with E-state index in [2.05, 4.69) is 16.0 Å². The molecule has 3 rings (SSSR count). The number of aryl methyl sites for hydroxylation is 1. The molecule has 0 fully saturated rings. The highest BCUT2D eigenvalue weighted by atomic mass is 32.1. The van der Waals surface area contributed by atoms with E-state index in [1.807, 2.05) is 31.4 Å². The van der Waals surface area contributed by atoms with E-state index >= 15 is 0 Å². The molecule has 0 saturated heterocycles. The number of hydrogen-bond donors (Lipinski definition) is 1. The van der Waals surface area contributed by atoms with E-state index in [1.54, 1.807) is 35.6 Å². The minimum Gasteiger partial charge on any atom is -0.423 e. The fourth-order valence-corrected chi connectivity index (χ4v) is 3.47. The Morgan fingerprint density at radius 2 is 1.88 bits per heavy atom. The van der Waals surface area contributed by atoms with Gasteiger partial charge in [-0.2, -0.15) is 0 Å². The molecule has 26 heavy (non-hydrogen) atoms. The number of thiophene rings is 1. The Bertz CT molecular complexity index is 925. The van der Waals surface area contributed by atoms with Crippen LogP contribution in [0.5, 0.6) is 5.75 Å². The zero-order chi connectivity index (χ0) is 18.7. The van der Waals surface area contributed by atoms with Crippen molar-refractivity contribution in [3.05, 3.63) is 69.7 Å². The lowest BCUT2D eigenvalue weighted by Gasteiger charge is -2.09. The van der Waals surface area contributed by atoms with Gasteiger partial charge in [0.2, 0.25) is 5.91 Å². The monoisotopic (exact) mass is 368 g/mol. The van der Waals surface area contributed by atoms with Gasteiger partial charge in [0.1, 0.15) is 5.75 Å². The molecule has 0 bridgehead atoms. The normalized spacial score (nSPS) is 10.6. The summed E-state index contributed by atoms with van der Waals surface area (Å²) in [5.74, 6) is -0.0945. The molecular formula is C20H20N2O3S. The van der Waals surface area contributed by atoms with Crippen LogP contribution in [0.1, 0.15) is 33.5 Å². The van der Waals surface area contributed by atoms with Crippen LogP contribution in [0.2, 0.25) is 0 Å². The van der Waals surface area contributed by atoms with E-state index < -0.39 is 0 Å². The van der Waals surface area contributed by atoms with Crippen LogP contribution in [0.4, 0.5) is 5.69 Å². The highest BCUT2D eigenvalue weighted by Gasteiger charge is 2.18. The number of carbonyl (C=O) groups excluding carboxylic acids is 2. The van der Waals surface area contributed by atoms with E-state index in [-0.39, 0.29) is 11.9 Å². The largest absolute Gasteiger partial charge is 0.423 e. The first-order valence-corrected chi connectivity index (χ1v) is 9.11. The molecule has 2 aromatic heterocycles. The van der Waals surface area contributed by atoms with Gasteiger partial charge < -0.3 is 14.6 Å². The van der Waals surface area contributed by atoms with Crippen LogP contribution in [0.3, 0.4) is 0 Å². The van der Waals surface area contributed by atoms with Gasteiger partial charge in [-0.3, -0.25) is 4.79 Å². The van der Waals surface area contributed by atoms with E-state index in [0.717, 1.165) is 17.9 Å². The molecule has 1 aromatic carbocycles. The Hall–Kier alpha value is -2.86. The number of hydrogen-bond acceptors (Lipinski definition) is 4. The van der Waals surface area contributed by atoms with Crippen molar-refractivity contribution in [2.45, 2.75) is 27.3 Å². The van der Waals surface area contributed by atoms with Gasteiger partial charge in [0, 0.05) is 28.9 Å². The predicted octanol–water partition coefficient (Wildman–Crippen LogP) is 4.39. The average molecular weight is 368 g/mol. The van der Waals surface area contributed by atoms with Crippen LogP contribution >= 0.6 is 11.3 Å². The molecule has 5 nitrogen and oxygen atoms in total. The molecule has 0 aliphatic rings. The van der Waals surface area contributed by atoms with Gasteiger partial charge in [-0.1, -0.05) is 6.07 Å². The van der Waals surface area contributed by atoms with Crippen LogP contribution in [-0.2, 0) is 11.3 Å². The number of nitrogens with one attached hydrogen (secondary N) is 1. The molecule has 0 atom stereocenters. The Kier molecular flexibility index (Phi) is 5.23. The summed E-state index contributed by atoms with van der Waals surface area (Å²) in [5.41, 5.74) is 3.12. The molecule has 0 radical (unpaired) electrons. The summed E-state index contributed by atoms with van der Waals surface area (Å²) in [6.45, 7) is 6.10. The van der Waals surface area contributed by atoms with Gasteiger partial charge in [-0.05, 0) is 55.6 Å². The third-order valence-electron chi connectivity index (χ3n) is 4.07. The number of nitrogens with zero attached hydrogens (tertiary/aromatic N) is 1. The predicted molar refractivity (Wildman–Crippen MR) is 103 cm³/mol. The lowest BCUT2D eigenvalue weighted by Crippen LogP contribution is -2.11. The van der Waals surface area contributed by atoms with Crippen LogP contribution in [0, 0.1) is 13.8 Å². The summed E-state index contributed by atoms with van der Waals surface area (Å²) in [5, 5.41) is 4.72. The van der Waals surface area contributed by atoms with Gasteiger partial charge in [-0.15, -0.1) is 11.3 Å². The number of rotatable bonds is 5. The number of carbonyl (C=O) groups is 2.